The highest BCUT2D eigenvalue weighted by Crippen LogP contribution is 2.07. The van der Waals surface area contributed by atoms with Crippen LogP contribution in [0.2, 0.25) is 0 Å². The topological polar surface area (TPSA) is 25.4 Å². The Morgan fingerprint density at radius 2 is 1.93 bits per heavy atom. The lowest BCUT2D eigenvalue weighted by Crippen LogP contribution is -2.13. The number of rotatable bonds is 6. The third kappa shape index (κ3) is 4.82. The van der Waals surface area contributed by atoms with Crippen molar-refractivity contribution in [3.63, 3.8) is 0 Å². The van der Waals surface area contributed by atoms with Crippen LogP contribution in [-0.4, -0.2) is 37.1 Å². The molecule has 0 N–H and O–H groups in total. The minimum Gasteiger partial charge on any atom is -0.493 e. The zero-order valence-electron chi connectivity index (χ0n) is 8.94. The number of unbranched alkanes of at least 4 members (excludes halogenated alkanes) is 1. The summed E-state index contributed by atoms with van der Waals surface area (Å²) >= 11 is 0. The first-order valence-electron chi connectivity index (χ1n) is 4.96. The van der Waals surface area contributed by atoms with E-state index in [1.54, 1.807) is 12.4 Å². The molecule has 0 radical (unpaired) electrons. The summed E-state index contributed by atoms with van der Waals surface area (Å²) < 4.78 is 5.53. The predicted octanol–water partition coefficient (Wildman–Crippen LogP) is 1.80. The second-order valence-corrected chi connectivity index (χ2v) is 3.54. The maximum Gasteiger partial charge on any atom is 0.122 e. The third-order valence-electron chi connectivity index (χ3n) is 1.92. The van der Waals surface area contributed by atoms with Crippen LogP contribution in [-0.2, 0) is 0 Å². The van der Waals surface area contributed by atoms with Crippen molar-refractivity contribution < 1.29 is 4.74 Å². The molecule has 0 atom stereocenters. The maximum absolute atomic E-state index is 5.53. The smallest absolute Gasteiger partial charge is 0.122 e. The van der Waals surface area contributed by atoms with Crippen LogP contribution in [0.1, 0.15) is 12.8 Å². The minimum absolute atomic E-state index is 0.790. The summed E-state index contributed by atoms with van der Waals surface area (Å²) in [4.78, 5) is 6.11. The van der Waals surface area contributed by atoms with Crippen LogP contribution in [0, 0.1) is 0 Å². The van der Waals surface area contributed by atoms with Crippen molar-refractivity contribution in [3.8, 4) is 5.75 Å². The van der Waals surface area contributed by atoms with E-state index in [0.29, 0.717) is 0 Å². The van der Waals surface area contributed by atoms with Crippen molar-refractivity contribution in [3.05, 3.63) is 24.5 Å². The van der Waals surface area contributed by atoms with Crippen LogP contribution < -0.4 is 4.74 Å². The molecule has 0 aliphatic heterocycles. The summed E-state index contributed by atoms with van der Waals surface area (Å²) in [5, 5.41) is 0. The van der Waals surface area contributed by atoms with Gasteiger partial charge in [0.2, 0.25) is 0 Å². The summed E-state index contributed by atoms with van der Waals surface area (Å²) in [5.41, 5.74) is 0. The molecular weight excluding hydrogens is 176 g/mol. The molecule has 0 spiro atoms. The van der Waals surface area contributed by atoms with Crippen LogP contribution in [0.15, 0.2) is 24.5 Å². The van der Waals surface area contributed by atoms with Crippen LogP contribution in [0.3, 0.4) is 0 Å². The Morgan fingerprint density at radius 3 is 2.57 bits per heavy atom. The van der Waals surface area contributed by atoms with Gasteiger partial charge in [-0.05, 0) is 45.6 Å². The van der Waals surface area contributed by atoms with Gasteiger partial charge in [0.05, 0.1) is 6.61 Å². The zero-order valence-corrected chi connectivity index (χ0v) is 8.94. The summed E-state index contributed by atoms with van der Waals surface area (Å²) in [5.74, 6) is 0.907. The van der Waals surface area contributed by atoms with E-state index < -0.39 is 0 Å². The monoisotopic (exact) mass is 194 g/mol. The normalized spacial score (nSPS) is 10.5. The van der Waals surface area contributed by atoms with E-state index in [1.165, 1.54) is 6.42 Å². The molecule has 0 saturated carbocycles. The van der Waals surface area contributed by atoms with E-state index in [9.17, 15) is 0 Å². The molecule has 0 aromatic carbocycles. The average Bonchev–Trinajstić information content (AvgIpc) is 2.18. The average molecular weight is 194 g/mol. The number of ether oxygens (including phenoxy) is 1. The standard InChI is InChI=1S/C11H18N2O/c1-13(2)9-3-4-10-14-11-5-7-12-8-6-11/h5-8H,3-4,9-10H2,1-2H3. The molecule has 0 aliphatic rings. The van der Waals surface area contributed by atoms with Gasteiger partial charge in [0.25, 0.3) is 0 Å². The Bertz CT molecular complexity index is 236. The van der Waals surface area contributed by atoms with Gasteiger partial charge in [-0.3, -0.25) is 4.98 Å². The highest BCUT2D eigenvalue weighted by atomic mass is 16.5. The van der Waals surface area contributed by atoms with Gasteiger partial charge in [-0.15, -0.1) is 0 Å². The van der Waals surface area contributed by atoms with E-state index >= 15 is 0 Å². The van der Waals surface area contributed by atoms with Crippen LogP contribution in [0.5, 0.6) is 5.75 Å². The fraction of sp³-hybridized carbons (Fsp3) is 0.545. The first-order valence-corrected chi connectivity index (χ1v) is 4.96. The summed E-state index contributed by atoms with van der Waals surface area (Å²) in [7, 11) is 4.17. The molecule has 3 nitrogen and oxygen atoms in total. The summed E-state index contributed by atoms with van der Waals surface area (Å²) in [6.45, 7) is 1.91. The van der Waals surface area contributed by atoms with Gasteiger partial charge in [-0.2, -0.15) is 0 Å². The second-order valence-electron chi connectivity index (χ2n) is 3.54. The molecule has 0 saturated heterocycles. The minimum atomic E-state index is 0.790. The molecule has 1 aromatic rings. The predicted molar refractivity (Wildman–Crippen MR) is 57.5 cm³/mol. The summed E-state index contributed by atoms with van der Waals surface area (Å²) in [6.07, 6.45) is 5.77. The maximum atomic E-state index is 5.53. The zero-order chi connectivity index (χ0) is 10.2. The Hall–Kier alpha value is -1.09. The quantitative estimate of drug-likeness (QED) is 0.646. The van der Waals surface area contributed by atoms with Crippen LogP contribution in [0.4, 0.5) is 0 Å². The first-order chi connectivity index (χ1) is 6.79. The largest absolute Gasteiger partial charge is 0.493 e. The van der Waals surface area contributed by atoms with Crippen molar-refractivity contribution in [1.82, 2.24) is 9.88 Å². The van der Waals surface area contributed by atoms with E-state index in [4.69, 9.17) is 4.74 Å². The van der Waals surface area contributed by atoms with E-state index in [0.717, 1.165) is 25.3 Å². The van der Waals surface area contributed by atoms with Crippen molar-refractivity contribution >= 4 is 0 Å². The third-order valence-corrected chi connectivity index (χ3v) is 1.92. The number of hydrogen-bond acceptors (Lipinski definition) is 3. The molecule has 3 heteroatoms. The molecule has 1 aromatic heterocycles. The molecule has 0 aliphatic carbocycles. The van der Waals surface area contributed by atoms with Gasteiger partial charge in [0, 0.05) is 12.4 Å². The number of pyridine rings is 1. The second kappa shape index (κ2) is 6.38. The highest BCUT2D eigenvalue weighted by Gasteiger charge is 1.93. The van der Waals surface area contributed by atoms with Gasteiger partial charge in [0.1, 0.15) is 5.75 Å². The lowest BCUT2D eigenvalue weighted by Gasteiger charge is -2.09. The van der Waals surface area contributed by atoms with Crippen molar-refractivity contribution in [1.29, 1.82) is 0 Å². The van der Waals surface area contributed by atoms with Gasteiger partial charge in [0.15, 0.2) is 0 Å². The number of hydrogen-bond donors (Lipinski definition) is 0. The van der Waals surface area contributed by atoms with Gasteiger partial charge < -0.3 is 9.64 Å². The number of aromatic nitrogens is 1. The molecule has 0 amide bonds. The van der Waals surface area contributed by atoms with Crippen LogP contribution >= 0.6 is 0 Å². The fourth-order valence-corrected chi connectivity index (χ4v) is 1.15. The summed E-state index contributed by atoms with van der Waals surface area (Å²) in [6, 6.07) is 3.76. The Morgan fingerprint density at radius 1 is 1.21 bits per heavy atom. The van der Waals surface area contributed by atoms with Crippen molar-refractivity contribution in [2.45, 2.75) is 12.8 Å². The molecule has 1 heterocycles. The van der Waals surface area contributed by atoms with Gasteiger partial charge in [-0.25, -0.2) is 0 Å². The molecule has 0 bridgehead atoms. The Labute approximate surface area is 85.7 Å². The highest BCUT2D eigenvalue weighted by molar-refractivity contribution is 5.16. The van der Waals surface area contributed by atoms with E-state index in [1.807, 2.05) is 12.1 Å². The molecule has 0 fully saturated rings. The molecule has 14 heavy (non-hydrogen) atoms. The van der Waals surface area contributed by atoms with Crippen molar-refractivity contribution in [2.24, 2.45) is 0 Å². The van der Waals surface area contributed by atoms with Gasteiger partial charge >= 0.3 is 0 Å². The SMILES string of the molecule is CN(C)CCCCOc1ccncc1. The molecule has 1 rings (SSSR count). The van der Waals surface area contributed by atoms with Crippen molar-refractivity contribution in [2.75, 3.05) is 27.2 Å². The Balaban J connectivity index is 2.05. The van der Waals surface area contributed by atoms with Crippen LogP contribution in [0.25, 0.3) is 0 Å². The lowest BCUT2D eigenvalue weighted by molar-refractivity contribution is 0.293. The Kier molecular flexibility index (Phi) is 5.00. The van der Waals surface area contributed by atoms with Gasteiger partial charge in [-0.1, -0.05) is 0 Å². The first kappa shape index (κ1) is 11.0. The van der Waals surface area contributed by atoms with E-state index in [-0.39, 0.29) is 0 Å². The molecule has 0 unspecified atom stereocenters. The lowest BCUT2D eigenvalue weighted by atomic mass is 10.3. The van der Waals surface area contributed by atoms with E-state index in [2.05, 4.69) is 24.0 Å². The fourth-order valence-electron chi connectivity index (χ4n) is 1.15. The molecule has 78 valence electrons. The number of nitrogens with zero attached hydrogens (tertiary/aromatic N) is 2. The molecular formula is C11H18N2O.